The fourth-order valence-corrected chi connectivity index (χ4v) is 3.07. The highest BCUT2D eigenvalue weighted by Gasteiger charge is 2.23. The molecule has 2 aromatic rings. The van der Waals surface area contributed by atoms with Crippen molar-refractivity contribution in [2.24, 2.45) is 11.1 Å². The zero-order valence-corrected chi connectivity index (χ0v) is 11.9. The quantitative estimate of drug-likeness (QED) is 0.872. The first-order valence-electron chi connectivity index (χ1n) is 7.25. The minimum absolute atomic E-state index is 0.245. The summed E-state index contributed by atoms with van der Waals surface area (Å²) in [6.45, 7) is 2.23. The number of fused-ring (bicyclic) bond motifs is 1. The molecule has 0 bridgehead atoms. The van der Waals surface area contributed by atoms with Gasteiger partial charge in [-0.15, -0.1) is 4.91 Å². The third kappa shape index (κ3) is 2.35. The molecule has 0 saturated heterocycles. The molecule has 2 aromatic heterocycles. The molecule has 2 atom stereocenters. The molecule has 1 fully saturated rings. The zero-order valence-electron chi connectivity index (χ0n) is 11.9. The molecule has 2 heterocycles. The lowest BCUT2D eigenvalue weighted by atomic mass is 9.85. The molecule has 0 radical (unpaired) electrons. The average molecular weight is 283 g/mol. The van der Waals surface area contributed by atoms with E-state index in [4.69, 9.17) is 0 Å². The number of aromatic nitrogens is 2. The van der Waals surface area contributed by atoms with E-state index in [1.807, 2.05) is 0 Å². The highest BCUT2D eigenvalue weighted by molar-refractivity contribution is 5.79. The van der Waals surface area contributed by atoms with Crippen LogP contribution in [0.2, 0.25) is 0 Å². The van der Waals surface area contributed by atoms with E-state index in [-0.39, 0.29) is 5.82 Å². The van der Waals surface area contributed by atoms with Gasteiger partial charge in [0.05, 0.1) is 23.0 Å². The van der Waals surface area contributed by atoms with Crippen LogP contribution in [0.1, 0.15) is 38.2 Å². The van der Waals surface area contributed by atoms with Crippen molar-refractivity contribution in [3.63, 3.8) is 0 Å². The normalized spacial score (nSPS) is 21.9. The van der Waals surface area contributed by atoms with Gasteiger partial charge in [0.2, 0.25) is 0 Å². The summed E-state index contributed by atoms with van der Waals surface area (Å²) in [5.74, 6) is 0.811. The van der Waals surface area contributed by atoms with E-state index in [1.165, 1.54) is 30.0 Å². The lowest BCUT2D eigenvalue weighted by Gasteiger charge is -2.30. The molecule has 0 amide bonds. The van der Waals surface area contributed by atoms with E-state index >= 15 is 0 Å². The topological polar surface area (TPSA) is 82.6 Å². The van der Waals surface area contributed by atoms with Crippen molar-refractivity contribution in [1.82, 2.24) is 9.61 Å². The van der Waals surface area contributed by atoms with E-state index in [1.54, 1.807) is 12.1 Å². The molecule has 6 heteroatoms. The van der Waals surface area contributed by atoms with Crippen LogP contribution < -0.4 is 5.32 Å². The van der Waals surface area contributed by atoms with E-state index in [0.29, 0.717) is 17.5 Å². The van der Waals surface area contributed by atoms with Crippen molar-refractivity contribution < 1.29 is 0 Å². The lowest BCUT2D eigenvalue weighted by molar-refractivity contribution is 0.349. The highest BCUT2D eigenvalue weighted by Crippen LogP contribution is 2.31. The molecule has 1 aliphatic carbocycles. The number of anilines is 1. The molecule has 21 heavy (non-hydrogen) atoms. The molecule has 6 nitrogen and oxygen atoms in total. The van der Waals surface area contributed by atoms with Gasteiger partial charge in [0.1, 0.15) is 6.07 Å². The monoisotopic (exact) mass is 283 g/mol. The minimum atomic E-state index is 0.245. The van der Waals surface area contributed by atoms with Crippen LogP contribution in [0.15, 0.2) is 23.5 Å². The van der Waals surface area contributed by atoms with Crippen LogP contribution in [-0.4, -0.2) is 15.7 Å². The standard InChI is InChI=1S/C15H17N5O/c1-10-4-2-3-5-12(10)18-15-11(8-16)9-17-20-13(15)6-7-14(20)19-21/h6-7,9-10,12,18H,2-5H2,1H3. The van der Waals surface area contributed by atoms with Gasteiger partial charge >= 0.3 is 0 Å². The second kappa shape index (κ2) is 5.52. The van der Waals surface area contributed by atoms with Crippen LogP contribution in [0.4, 0.5) is 11.5 Å². The summed E-state index contributed by atoms with van der Waals surface area (Å²) < 4.78 is 1.48. The summed E-state index contributed by atoms with van der Waals surface area (Å²) >= 11 is 0. The number of hydrogen-bond donors (Lipinski definition) is 1. The van der Waals surface area contributed by atoms with Crippen LogP contribution in [0.3, 0.4) is 0 Å². The largest absolute Gasteiger partial charge is 0.379 e. The third-order valence-corrected chi connectivity index (χ3v) is 4.32. The number of nitroso groups, excluding NO2 is 1. The summed E-state index contributed by atoms with van der Waals surface area (Å²) in [5.41, 5.74) is 1.97. The average Bonchev–Trinajstić information content (AvgIpc) is 2.93. The Bertz CT molecular complexity index is 715. The summed E-state index contributed by atoms with van der Waals surface area (Å²) in [7, 11) is 0. The molecule has 0 aromatic carbocycles. The first-order valence-corrected chi connectivity index (χ1v) is 7.25. The van der Waals surface area contributed by atoms with E-state index in [9.17, 15) is 10.2 Å². The highest BCUT2D eigenvalue weighted by atomic mass is 16.3. The van der Waals surface area contributed by atoms with Crippen molar-refractivity contribution in [3.05, 3.63) is 28.8 Å². The smallest absolute Gasteiger partial charge is 0.198 e. The maximum atomic E-state index is 10.8. The van der Waals surface area contributed by atoms with Crippen molar-refractivity contribution in [2.75, 3.05) is 5.32 Å². The predicted molar refractivity (Wildman–Crippen MR) is 80.4 cm³/mol. The molecule has 1 saturated carbocycles. The second-order valence-electron chi connectivity index (χ2n) is 5.64. The zero-order chi connectivity index (χ0) is 14.8. The van der Waals surface area contributed by atoms with Gasteiger partial charge in [-0.25, -0.2) is 4.52 Å². The summed E-state index contributed by atoms with van der Waals surface area (Å²) in [6, 6.07) is 5.91. The molecular weight excluding hydrogens is 266 g/mol. The van der Waals surface area contributed by atoms with Gasteiger partial charge in [0.15, 0.2) is 5.82 Å². The Hall–Kier alpha value is -2.42. The van der Waals surface area contributed by atoms with Gasteiger partial charge in [-0.3, -0.25) is 0 Å². The first kappa shape index (κ1) is 13.6. The molecule has 0 spiro atoms. The fraction of sp³-hybridized carbons (Fsp3) is 0.467. The van der Waals surface area contributed by atoms with Gasteiger partial charge in [-0.1, -0.05) is 19.8 Å². The third-order valence-electron chi connectivity index (χ3n) is 4.32. The van der Waals surface area contributed by atoms with Crippen molar-refractivity contribution in [3.8, 4) is 6.07 Å². The summed E-state index contributed by atoms with van der Waals surface area (Å²) in [5, 5.41) is 19.9. The van der Waals surface area contributed by atoms with Crippen LogP contribution >= 0.6 is 0 Å². The molecule has 2 unspecified atom stereocenters. The van der Waals surface area contributed by atoms with Crippen molar-refractivity contribution in [1.29, 1.82) is 5.26 Å². The summed E-state index contributed by atoms with van der Waals surface area (Å²) in [6.07, 6.45) is 6.24. The molecule has 1 N–H and O–H groups in total. The Morgan fingerprint density at radius 2 is 2.24 bits per heavy atom. The Balaban J connectivity index is 2.05. The number of nitrogens with zero attached hydrogens (tertiary/aromatic N) is 4. The van der Waals surface area contributed by atoms with E-state index < -0.39 is 0 Å². The van der Waals surface area contributed by atoms with Gasteiger partial charge in [0.25, 0.3) is 0 Å². The van der Waals surface area contributed by atoms with Crippen molar-refractivity contribution >= 4 is 17.0 Å². The number of nitrogens with one attached hydrogen (secondary N) is 1. The van der Waals surface area contributed by atoms with Crippen LogP contribution in [0, 0.1) is 22.2 Å². The second-order valence-corrected chi connectivity index (χ2v) is 5.64. The SMILES string of the molecule is CC1CCCCC1Nc1c(C#N)cnn2c(N=O)ccc12. The van der Waals surface area contributed by atoms with Gasteiger partial charge < -0.3 is 5.32 Å². The van der Waals surface area contributed by atoms with Gasteiger partial charge in [-0.2, -0.15) is 10.4 Å². The van der Waals surface area contributed by atoms with Gasteiger partial charge in [-0.05, 0) is 36.1 Å². The minimum Gasteiger partial charge on any atom is -0.379 e. The van der Waals surface area contributed by atoms with Gasteiger partial charge in [0, 0.05) is 6.04 Å². The Morgan fingerprint density at radius 3 is 2.95 bits per heavy atom. The Labute approximate surface area is 122 Å². The van der Waals surface area contributed by atoms with E-state index in [2.05, 4.69) is 28.6 Å². The number of rotatable bonds is 3. The van der Waals surface area contributed by atoms with Crippen LogP contribution in [-0.2, 0) is 0 Å². The summed E-state index contributed by atoms with van der Waals surface area (Å²) in [4.78, 5) is 10.8. The first-order chi connectivity index (χ1) is 10.2. The molecular formula is C15H17N5O. The van der Waals surface area contributed by atoms with Crippen LogP contribution in [0.25, 0.3) is 5.52 Å². The molecule has 3 rings (SSSR count). The Morgan fingerprint density at radius 1 is 1.43 bits per heavy atom. The van der Waals surface area contributed by atoms with Crippen LogP contribution in [0.5, 0.6) is 0 Å². The molecule has 1 aliphatic rings. The fourth-order valence-electron chi connectivity index (χ4n) is 3.07. The number of hydrogen-bond acceptors (Lipinski definition) is 5. The molecule has 0 aliphatic heterocycles. The Kier molecular flexibility index (Phi) is 3.57. The molecule has 108 valence electrons. The maximum absolute atomic E-state index is 10.8. The number of nitriles is 1. The van der Waals surface area contributed by atoms with Crippen molar-refractivity contribution in [2.45, 2.75) is 38.6 Å². The maximum Gasteiger partial charge on any atom is 0.198 e. The van der Waals surface area contributed by atoms with E-state index in [0.717, 1.165) is 17.6 Å². The predicted octanol–water partition coefficient (Wildman–Crippen LogP) is 3.59. The lowest BCUT2D eigenvalue weighted by Crippen LogP contribution is -2.30.